The van der Waals surface area contributed by atoms with Gasteiger partial charge in [0.25, 0.3) is 5.91 Å². The number of carbonyl (C=O) groups excluding carboxylic acids is 2. The number of aromatic nitrogens is 1. The molecule has 0 unspecified atom stereocenters. The number of pyridine rings is 1. The van der Waals surface area contributed by atoms with Crippen molar-refractivity contribution in [2.24, 2.45) is 0 Å². The molecule has 3 aromatic rings. The minimum absolute atomic E-state index is 0.0880. The Morgan fingerprint density at radius 1 is 1.16 bits per heavy atom. The lowest BCUT2D eigenvalue weighted by Gasteiger charge is -2.22. The summed E-state index contributed by atoms with van der Waals surface area (Å²) in [5, 5.41) is 3.65. The number of allylic oxidation sites excluding steroid dienone is 1. The second-order valence-electron chi connectivity index (χ2n) is 8.03. The minimum atomic E-state index is -0.487. The average molecular weight is 433 g/mol. The Kier molecular flexibility index (Phi) is 6.69. The summed E-state index contributed by atoms with van der Waals surface area (Å²) in [4.78, 5) is 30.4. The molecule has 1 aromatic carbocycles. The van der Waals surface area contributed by atoms with Gasteiger partial charge in [0.2, 0.25) is 0 Å². The van der Waals surface area contributed by atoms with Crippen LogP contribution in [-0.2, 0) is 16.0 Å². The second-order valence-corrected chi connectivity index (χ2v) is 8.03. The molecule has 0 aliphatic heterocycles. The van der Waals surface area contributed by atoms with E-state index in [1.54, 1.807) is 6.26 Å². The Bertz CT molecular complexity index is 1140. The molecule has 0 saturated carbocycles. The number of ether oxygens (including phenoxy) is 1. The standard InChI is InChI=1S/C26H28N2O4/c1-3-18(4-2)27-23(29)16-32-26(30)24-20-11-5-6-13-22(20)28-25-17(9-7-12-21(24)25)15-19-10-8-14-31-19/h5-6,8,10-11,13-15,18H,3-4,7,9,12,16H2,1-2H3,(H,27,29). The summed E-state index contributed by atoms with van der Waals surface area (Å²) >= 11 is 0. The van der Waals surface area contributed by atoms with Crippen molar-refractivity contribution in [2.75, 3.05) is 6.61 Å². The van der Waals surface area contributed by atoms with E-state index in [0.717, 1.165) is 65.6 Å². The van der Waals surface area contributed by atoms with Gasteiger partial charge in [-0.05, 0) is 67.5 Å². The fourth-order valence-corrected chi connectivity index (χ4v) is 4.22. The van der Waals surface area contributed by atoms with E-state index in [1.807, 2.05) is 56.3 Å². The highest BCUT2D eigenvalue weighted by molar-refractivity contribution is 6.07. The number of nitrogens with zero attached hydrogens (tertiary/aromatic N) is 1. The Morgan fingerprint density at radius 3 is 2.72 bits per heavy atom. The van der Waals surface area contributed by atoms with Crippen molar-refractivity contribution in [3.63, 3.8) is 0 Å². The number of hydrogen-bond donors (Lipinski definition) is 1. The molecule has 1 amide bonds. The van der Waals surface area contributed by atoms with Gasteiger partial charge in [0.05, 0.1) is 23.0 Å². The van der Waals surface area contributed by atoms with Crippen LogP contribution >= 0.6 is 0 Å². The van der Waals surface area contributed by atoms with Crippen LogP contribution in [0.2, 0.25) is 0 Å². The van der Waals surface area contributed by atoms with Crippen molar-refractivity contribution < 1.29 is 18.7 Å². The molecule has 0 atom stereocenters. The molecule has 2 heterocycles. The van der Waals surface area contributed by atoms with E-state index in [-0.39, 0.29) is 18.6 Å². The highest BCUT2D eigenvalue weighted by Crippen LogP contribution is 2.36. The number of amides is 1. The van der Waals surface area contributed by atoms with Gasteiger partial charge in [-0.3, -0.25) is 4.79 Å². The maximum atomic E-state index is 13.2. The van der Waals surface area contributed by atoms with Crippen LogP contribution in [0.15, 0.2) is 47.1 Å². The summed E-state index contributed by atoms with van der Waals surface area (Å²) in [5.74, 6) is -0.0125. The number of benzene rings is 1. The van der Waals surface area contributed by atoms with Gasteiger partial charge in [0.1, 0.15) is 5.76 Å². The molecule has 0 bridgehead atoms. The van der Waals surface area contributed by atoms with Crippen LogP contribution in [0.1, 0.15) is 66.9 Å². The first-order chi connectivity index (χ1) is 15.6. The number of para-hydroxylation sites is 1. The Hall–Kier alpha value is -3.41. The zero-order valence-corrected chi connectivity index (χ0v) is 18.5. The summed E-state index contributed by atoms with van der Waals surface area (Å²) in [7, 11) is 0. The third-order valence-electron chi connectivity index (χ3n) is 5.92. The van der Waals surface area contributed by atoms with Crippen LogP contribution in [0.4, 0.5) is 0 Å². The van der Waals surface area contributed by atoms with Gasteiger partial charge in [0.15, 0.2) is 6.61 Å². The van der Waals surface area contributed by atoms with Crippen molar-refractivity contribution >= 4 is 34.4 Å². The molecule has 0 saturated heterocycles. The van der Waals surface area contributed by atoms with Crippen LogP contribution in [0, 0.1) is 0 Å². The summed E-state index contributed by atoms with van der Waals surface area (Å²) in [6.45, 7) is 3.74. The lowest BCUT2D eigenvalue weighted by Crippen LogP contribution is -2.37. The normalized spacial score (nSPS) is 14.5. The smallest absolute Gasteiger partial charge is 0.339 e. The highest BCUT2D eigenvalue weighted by Gasteiger charge is 2.26. The maximum Gasteiger partial charge on any atom is 0.339 e. The van der Waals surface area contributed by atoms with Crippen molar-refractivity contribution in [1.29, 1.82) is 0 Å². The number of fused-ring (bicyclic) bond motifs is 2. The van der Waals surface area contributed by atoms with Gasteiger partial charge in [-0.25, -0.2) is 9.78 Å². The van der Waals surface area contributed by atoms with E-state index in [1.165, 1.54) is 0 Å². The lowest BCUT2D eigenvalue weighted by atomic mass is 9.86. The largest absolute Gasteiger partial charge is 0.465 e. The van der Waals surface area contributed by atoms with Gasteiger partial charge >= 0.3 is 5.97 Å². The van der Waals surface area contributed by atoms with Gasteiger partial charge in [-0.2, -0.15) is 0 Å². The minimum Gasteiger partial charge on any atom is -0.465 e. The van der Waals surface area contributed by atoms with Crippen LogP contribution in [0.3, 0.4) is 0 Å². The molecule has 6 heteroatoms. The van der Waals surface area contributed by atoms with E-state index in [0.29, 0.717) is 5.56 Å². The van der Waals surface area contributed by atoms with Crippen molar-refractivity contribution in [2.45, 2.75) is 52.0 Å². The fraction of sp³-hybridized carbons (Fsp3) is 0.346. The molecule has 4 rings (SSSR count). The maximum absolute atomic E-state index is 13.2. The van der Waals surface area contributed by atoms with Crippen LogP contribution in [-0.4, -0.2) is 29.5 Å². The number of hydrogen-bond acceptors (Lipinski definition) is 5. The van der Waals surface area contributed by atoms with Crippen molar-refractivity contribution in [3.05, 3.63) is 65.2 Å². The molecule has 0 radical (unpaired) electrons. The molecule has 6 nitrogen and oxygen atoms in total. The molecular formula is C26H28N2O4. The molecule has 1 aliphatic carbocycles. The zero-order chi connectivity index (χ0) is 22.5. The second kappa shape index (κ2) is 9.81. The molecule has 1 aliphatic rings. The van der Waals surface area contributed by atoms with E-state index < -0.39 is 5.97 Å². The van der Waals surface area contributed by atoms with Crippen LogP contribution in [0.25, 0.3) is 22.6 Å². The summed E-state index contributed by atoms with van der Waals surface area (Å²) in [6.07, 6.45) is 7.78. The van der Waals surface area contributed by atoms with E-state index in [9.17, 15) is 9.59 Å². The fourth-order valence-electron chi connectivity index (χ4n) is 4.22. The zero-order valence-electron chi connectivity index (χ0n) is 18.5. The quantitative estimate of drug-likeness (QED) is 0.521. The molecular weight excluding hydrogens is 404 g/mol. The first-order valence-electron chi connectivity index (χ1n) is 11.2. The summed E-state index contributed by atoms with van der Waals surface area (Å²) < 4.78 is 11.0. The third kappa shape index (κ3) is 4.59. The van der Waals surface area contributed by atoms with Gasteiger partial charge in [0, 0.05) is 11.4 Å². The van der Waals surface area contributed by atoms with Gasteiger partial charge in [-0.15, -0.1) is 0 Å². The van der Waals surface area contributed by atoms with Crippen molar-refractivity contribution in [3.8, 4) is 0 Å². The predicted octanol–water partition coefficient (Wildman–Crippen LogP) is 5.17. The summed E-state index contributed by atoms with van der Waals surface area (Å²) in [6, 6.07) is 11.4. The molecule has 166 valence electrons. The highest BCUT2D eigenvalue weighted by atomic mass is 16.5. The molecule has 0 spiro atoms. The van der Waals surface area contributed by atoms with Gasteiger partial charge < -0.3 is 14.5 Å². The first kappa shape index (κ1) is 21.8. The van der Waals surface area contributed by atoms with Crippen LogP contribution < -0.4 is 5.32 Å². The molecule has 1 N–H and O–H groups in total. The number of furan rings is 1. The summed E-state index contributed by atoms with van der Waals surface area (Å²) in [5.41, 5.74) is 3.95. The number of esters is 1. The first-order valence-corrected chi connectivity index (χ1v) is 11.2. The Balaban J connectivity index is 1.68. The lowest BCUT2D eigenvalue weighted by molar-refractivity contribution is -0.125. The third-order valence-corrected chi connectivity index (χ3v) is 5.92. The van der Waals surface area contributed by atoms with E-state index in [4.69, 9.17) is 14.1 Å². The number of carbonyl (C=O) groups is 2. The number of nitrogens with one attached hydrogen (secondary N) is 1. The topological polar surface area (TPSA) is 81.4 Å². The van der Waals surface area contributed by atoms with E-state index >= 15 is 0 Å². The Labute approximate surface area is 187 Å². The predicted molar refractivity (Wildman–Crippen MR) is 124 cm³/mol. The van der Waals surface area contributed by atoms with Crippen molar-refractivity contribution in [1.82, 2.24) is 10.3 Å². The molecule has 0 fully saturated rings. The van der Waals surface area contributed by atoms with Gasteiger partial charge in [-0.1, -0.05) is 32.0 Å². The average Bonchev–Trinajstić information content (AvgIpc) is 3.33. The Morgan fingerprint density at radius 2 is 1.97 bits per heavy atom. The SMILES string of the molecule is CCC(CC)NC(=O)COC(=O)c1c2c(nc3ccccc13)C(=Cc1ccco1)CCC2. The monoisotopic (exact) mass is 432 g/mol. The van der Waals surface area contributed by atoms with E-state index in [2.05, 4.69) is 5.32 Å². The molecule has 2 aromatic heterocycles. The molecule has 32 heavy (non-hydrogen) atoms. The van der Waals surface area contributed by atoms with Crippen LogP contribution in [0.5, 0.6) is 0 Å². The number of rotatable bonds is 7.